The van der Waals surface area contributed by atoms with E-state index in [9.17, 15) is 31.6 Å². The molecule has 1 amide bonds. The summed E-state index contributed by atoms with van der Waals surface area (Å²) >= 11 is 0. The van der Waals surface area contributed by atoms with Crippen LogP contribution in [0.5, 0.6) is 11.5 Å². The lowest BCUT2D eigenvalue weighted by Crippen LogP contribution is -2.31. The van der Waals surface area contributed by atoms with E-state index in [0.29, 0.717) is 53.4 Å². The van der Waals surface area contributed by atoms with Crippen LogP contribution < -0.4 is 14.8 Å². The third kappa shape index (κ3) is 5.94. The van der Waals surface area contributed by atoms with Crippen LogP contribution in [-0.4, -0.2) is 70.8 Å². The average Bonchev–Trinajstić information content (AvgIpc) is 3.27. The first-order valence-electron chi connectivity index (χ1n) is 14.2. The van der Waals surface area contributed by atoms with Crippen molar-refractivity contribution in [2.24, 2.45) is 7.05 Å². The average molecular weight is 643 g/mol. The summed E-state index contributed by atoms with van der Waals surface area (Å²) in [6.45, 7) is -3.32. The maximum absolute atomic E-state index is 14.2. The second-order valence-electron chi connectivity index (χ2n) is 11.3. The third-order valence-corrected chi connectivity index (χ3v) is 10.5. The largest absolute Gasteiger partial charge is 0.496 e. The van der Waals surface area contributed by atoms with Crippen LogP contribution in [0.2, 0.25) is 0 Å². The Kier molecular flexibility index (Phi) is 7.72. The number of hydrogen-bond donors (Lipinski definition) is 1. The molecule has 2 aliphatic rings. The standard InChI is InChI=1S/C30H29F3N6O5S/c1-38-27(18-10-23(43-2)26(24(11-18)44-29(31)32)28(40)35-16-30(33)5-6-30)25-19(12-34)8-17(9-22(25)37-38)20-13-36-39(14-20)15-21-4-3-7-45(21,41)42/h8-11,13-14,21,29H,3-7,15-16H2,1-2H3,(H,35,40). The Labute approximate surface area is 256 Å². The van der Waals surface area contributed by atoms with Crippen LogP contribution in [0.25, 0.3) is 33.3 Å². The molecule has 2 aromatic carbocycles. The smallest absolute Gasteiger partial charge is 0.387 e. The van der Waals surface area contributed by atoms with Gasteiger partial charge in [0.15, 0.2) is 9.84 Å². The monoisotopic (exact) mass is 642 g/mol. The fourth-order valence-corrected chi connectivity index (χ4v) is 7.55. The maximum Gasteiger partial charge on any atom is 0.387 e. The van der Waals surface area contributed by atoms with Gasteiger partial charge in [-0.05, 0) is 55.5 Å². The van der Waals surface area contributed by atoms with E-state index in [4.69, 9.17) is 9.47 Å². The molecule has 2 fully saturated rings. The fraction of sp³-hybridized carbons (Fsp3) is 0.400. The predicted octanol–water partition coefficient (Wildman–Crippen LogP) is 4.39. The SMILES string of the molecule is COc1cc(-c2c3c(C#N)cc(-c4cnn(CC5CCCS5(=O)=O)c4)cc3nn2C)cc(OC(F)F)c1C(=O)NCC1(F)CC1. The molecule has 4 aromatic rings. The first-order chi connectivity index (χ1) is 21.4. The number of amides is 1. The summed E-state index contributed by atoms with van der Waals surface area (Å²) in [7, 11) is -0.272. The van der Waals surface area contributed by atoms with Gasteiger partial charge in [0.2, 0.25) is 0 Å². The molecular weight excluding hydrogens is 613 g/mol. The first-order valence-corrected chi connectivity index (χ1v) is 15.9. The van der Waals surface area contributed by atoms with Gasteiger partial charge < -0.3 is 14.8 Å². The Morgan fingerprint density at radius 3 is 2.60 bits per heavy atom. The Morgan fingerprint density at radius 2 is 1.96 bits per heavy atom. The van der Waals surface area contributed by atoms with E-state index in [1.165, 1.54) is 23.9 Å². The Hall–Kier alpha value is -4.58. The molecule has 6 rings (SSSR count). The summed E-state index contributed by atoms with van der Waals surface area (Å²) in [6, 6.07) is 8.25. The number of benzene rings is 2. The number of halogens is 3. The summed E-state index contributed by atoms with van der Waals surface area (Å²) < 4.78 is 79.0. The van der Waals surface area contributed by atoms with Gasteiger partial charge in [0, 0.05) is 29.8 Å². The summed E-state index contributed by atoms with van der Waals surface area (Å²) in [5, 5.41) is 21.4. The minimum Gasteiger partial charge on any atom is -0.496 e. The lowest BCUT2D eigenvalue weighted by molar-refractivity contribution is -0.0502. The number of alkyl halides is 3. The number of aromatic nitrogens is 4. The van der Waals surface area contributed by atoms with Crippen molar-refractivity contribution < 1.29 is 35.9 Å². The molecule has 1 aliphatic carbocycles. The van der Waals surface area contributed by atoms with Crippen molar-refractivity contribution in [1.82, 2.24) is 24.9 Å². The van der Waals surface area contributed by atoms with Gasteiger partial charge in [0.05, 0.1) is 60.2 Å². The van der Waals surface area contributed by atoms with Crippen LogP contribution in [0.1, 0.15) is 41.6 Å². The van der Waals surface area contributed by atoms with Gasteiger partial charge in [0.25, 0.3) is 5.91 Å². The van der Waals surface area contributed by atoms with Gasteiger partial charge in [-0.2, -0.15) is 24.2 Å². The quantitative estimate of drug-likeness (QED) is 0.269. The van der Waals surface area contributed by atoms with E-state index >= 15 is 0 Å². The highest BCUT2D eigenvalue weighted by atomic mass is 32.2. The Morgan fingerprint density at radius 1 is 1.20 bits per heavy atom. The number of nitrogens with zero attached hydrogens (tertiary/aromatic N) is 5. The molecule has 15 heteroatoms. The van der Waals surface area contributed by atoms with E-state index in [1.54, 1.807) is 36.3 Å². The van der Waals surface area contributed by atoms with E-state index in [-0.39, 0.29) is 41.3 Å². The van der Waals surface area contributed by atoms with Crippen molar-refractivity contribution in [1.29, 1.82) is 5.26 Å². The predicted molar refractivity (Wildman–Crippen MR) is 157 cm³/mol. The molecule has 11 nitrogen and oxygen atoms in total. The van der Waals surface area contributed by atoms with Crippen LogP contribution in [-0.2, 0) is 23.4 Å². The number of nitriles is 1. The molecular formula is C30H29F3N6O5S. The van der Waals surface area contributed by atoms with E-state index in [1.807, 2.05) is 0 Å². The summed E-state index contributed by atoms with van der Waals surface area (Å²) in [4.78, 5) is 13.0. The fourth-order valence-electron chi connectivity index (χ4n) is 5.74. The van der Waals surface area contributed by atoms with Crippen molar-refractivity contribution in [2.45, 2.75) is 49.8 Å². The van der Waals surface area contributed by atoms with Crippen LogP contribution in [0.3, 0.4) is 0 Å². The second-order valence-corrected chi connectivity index (χ2v) is 13.7. The molecule has 0 radical (unpaired) electrons. The van der Waals surface area contributed by atoms with Gasteiger partial charge in [-0.3, -0.25) is 14.2 Å². The molecule has 1 saturated carbocycles. The van der Waals surface area contributed by atoms with E-state index < -0.39 is 39.0 Å². The Balaban J connectivity index is 1.39. The molecule has 0 spiro atoms. The number of carbonyl (C=O) groups excluding carboxylic acids is 1. The number of methoxy groups -OCH3 is 1. The normalized spacial score (nSPS) is 18.2. The maximum atomic E-state index is 14.2. The lowest BCUT2D eigenvalue weighted by Gasteiger charge is -2.17. The summed E-state index contributed by atoms with van der Waals surface area (Å²) in [5.74, 6) is -1.23. The number of rotatable bonds is 10. The molecule has 2 aromatic heterocycles. The zero-order chi connectivity index (χ0) is 32.1. The highest BCUT2D eigenvalue weighted by Gasteiger charge is 2.43. The van der Waals surface area contributed by atoms with Crippen molar-refractivity contribution >= 4 is 26.6 Å². The second kappa shape index (κ2) is 11.4. The van der Waals surface area contributed by atoms with Crippen LogP contribution in [0, 0.1) is 11.3 Å². The molecule has 45 heavy (non-hydrogen) atoms. The number of fused-ring (bicyclic) bond motifs is 1. The van der Waals surface area contributed by atoms with Gasteiger partial charge in [0.1, 0.15) is 22.7 Å². The Bertz CT molecular complexity index is 1960. The number of nitrogens with one attached hydrogen (secondary N) is 1. The van der Waals surface area contributed by atoms with Gasteiger partial charge in [-0.25, -0.2) is 12.8 Å². The zero-order valence-electron chi connectivity index (χ0n) is 24.4. The number of ether oxygens (including phenoxy) is 2. The number of carbonyl (C=O) groups is 1. The van der Waals surface area contributed by atoms with Gasteiger partial charge in [-0.15, -0.1) is 0 Å². The lowest BCUT2D eigenvalue weighted by atomic mass is 9.97. The number of hydrogen-bond acceptors (Lipinski definition) is 8. The minimum atomic E-state index is -3.28. The third-order valence-electron chi connectivity index (χ3n) is 8.24. The molecule has 1 aliphatic heterocycles. The van der Waals surface area contributed by atoms with Crippen molar-refractivity contribution in [3.63, 3.8) is 0 Å². The molecule has 1 N–H and O–H groups in total. The van der Waals surface area contributed by atoms with Crippen molar-refractivity contribution in [3.05, 3.63) is 47.8 Å². The molecule has 236 valence electrons. The highest BCUT2D eigenvalue weighted by Crippen LogP contribution is 2.41. The highest BCUT2D eigenvalue weighted by molar-refractivity contribution is 7.92. The number of sulfone groups is 1. The molecule has 3 heterocycles. The van der Waals surface area contributed by atoms with Crippen LogP contribution >= 0.6 is 0 Å². The molecule has 1 saturated heterocycles. The van der Waals surface area contributed by atoms with Crippen molar-refractivity contribution in [2.75, 3.05) is 19.4 Å². The van der Waals surface area contributed by atoms with E-state index in [2.05, 4.69) is 21.6 Å². The molecule has 0 bridgehead atoms. The molecule has 1 unspecified atom stereocenters. The number of aryl methyl sites for hydroxylation is 1. The van der Waals surface area contributed by atoms with Crippen molar-refractivity contribution in [3.8, 4) is 40.0 Å². The van der Waals surface area contributed by atoms with Gasteiger partial charge in [-0.1, -0.05) is 0 Å². The van der Waals surface area contributed by atoms with Gasteiger partial charge >= 0.3 is 6.61 Å². The van der Waals surface area contributed by atoms with Crippen LogP contribution in [0.4, 0.5) is 13.2 Å². The topological polar surface area (TPSA) is 141 Å². The van der Waals surface area contributed by atoms with E-state index in [0.717, 1.165) is 0 Å². The summed E-state index contributed by atoms with van der Waals surface area (Å²) in [5.41, 5.74) is 0.751. The zero-order valence-corrected chi connectivity index (χ0v) is 25.2. The summed E-state index contributed by atoms with van der Waals surface area (Å²) in [6.07, 6.45) is 5.11. The molecule has 1 atom stereocenters. The first kappa shape index (κ1) is 30.4. The minimum absolute atomic E-state index is 0.0921. The van der Waals surface area contributed by atoms with Crippen LogP contribution in [0.15, 0.2) is 36.7 Å².